The van der Waals surface area contributed by atoms with Gasteiger partial charge in [0.05, 0.1) is 6.61 Å². The highest BCUT2D eigenvalue weighted by atomic mass is 19.1. The van der Waals surface area contributed by atoms with Gasteiger partial charge in [-0.1, -0.05) is 42.5 Å². The molecule has 0 unspecified atom stereocenters. The summed E-state index contributed by atoms with van der Waals surface area (Å²) in [6.45, 7) is -0.0761. The van der Waals surface area contributed by atoms with E-state index in [4.69, 9.17) is 0 Å². The predicted molar refractivity (Wildman–Crippen MR) is 100 cm³/mol. The molecule has 0 aliphatic rings. The molecule has 0 fully saturated rings. The number of amides is 1. The van der Waals surface area contributed by atoms with Crippen LogP contribution in [0.15, 0.2) is 78.9 Å². The van der Waals surface area contributed by atoms with Crippen molar-refractivity contribution >= 4 is 17.3 Å². The molecule has 0 aliphatic heterocycles. The van der Waals surface area contributed by atoms with Crippen LogP contribution in [0, 0.1) is 5.82 Å². The van der Waals surface area contributed by atoms with Gasteiger partial charge in [-0.05, 0) is 47.5 Å². The lowest BCUT2D eigenvalue weighted by Gasteiger charge is -2.20. The molecule has 3 rings (SSSR count). The third-order valence-corrected chi connectivity index (χ3v) is 3.93. The lowest BCUT2D eigenvalue weighted by Crippen LogP contribution is -2.27. The van der Waals surface area contributed by atoms with Crippen LogP contribution in [0.5, 0.6) is 0 Å². The summed E-state index contributed by atoms with van der Waals surface area (Å²) in [5.41, 5.74) is 2.78. The lowest BCUT2D eigenvalue weighted by molar-refractivity contribution is -0.117. The van der Waals surface area contributed by atoms with Gasteiger partial charge in [0.2, 0.25) is 0 Å². The van der Waals surface area contributed by atoms with Gasteiger partial charge >= 0.3 is 0 Å². The van der Waals surface area contributed by atoms with E-state index >= 15 is 0 Å². The van der Waals surface area contributed by atoms with Gasteiger partial charge in [-0.3, -0.25) is 4.79 Å². The van der Waals surface area contributed by atoms with Crippen LogP contribution in [0.1, 0.15) is 17.2 Å². The molecule has 0 radical (unpaired) electrons. The first-order valence-corrected chi connectivity index (χ1v) is 8.23. The van der Waals surface area contributed by atoms with Gasteiger partial charge in [-0.15, -0.1) is 0 Å². The number of halogens is 1. The van der Waals surface area contributed by atoms with Crippen LogP contribution < -0.4 is 10.6 Å². The minimum atomic E-state index is -0.643. The number of hydrogen-bond acceptors (Lipinski definition) is 3. The Balaban J connectivity index is 1.85. The van der Waals surface area contributed by atoms with Crippen molar-refractivity contribution in [1.29, 1.82) is 0 Å². The number of aliphatic hydroxyl groups excluding tert-OH is 1. The normalized spacial score (nSPS) is 11.6. The van der Waals surface area contributed by atoms with Crippen molar-refractivity contribution in [2.45, 2.75) is 12.6 Å². The van der Waals surface area contributed by atoms with Crippen molar-refractivity contribution in [2.24, 2.45) is 0 Å². The number of aliphatic hydroxyl groups is 1. The molecule has 3 N–H and O–H groups in total. The summed E-state index contributed by atoms with van der Waals surface area (Å²) in [5, 5.41) is 15.3. The van der Waals surface area contributed by atoms with E-state index in [1.807, 2.05) is 42.5 Å². The number of hydrogen-bond donors (Lipinski definition) is 3. The van der Waals surface area contributed by atoms with Gasteiger partial charge in [0, 0.05) is 11.4 Å². The van der Waals surface area contributed by atoms with Gasteiger partial charge in [-0.2, -0.15) is 0 Å². The maximum atomic E-state index is 13.1. The molecule has 0 saturated heterocycles. The summed E-state index contributed by atoms with van der Waals surface area (Å²) < 4.78 is 13.1. The summed E-state index contributed by atoms with van der Waals surface area (Å²) in [4.78, 5) is 12.8. The molecule has 0 spiro atoms. The molecule has 3 aromatic rings. The molecule has 0 aliphatic carbocycles. The minimum Gasteiger partial charge on any atom is -0.392 e. The number of rotatable bonds is 6. The average molecular weight is 350 g/mol. The van der Waals surface area contributed by atoms with Crippen molar-refractivity contribution in [1.82, 2.24) is 0 Å². The number of carbonyl (C=O) groups is 1. The summed E-state index contributed by atoms with van der Waals surface area (Å²) in [5.74, 6) is -0.626. The van der Waals surface area contributed by atoms with E-state index in [-0.39, 0.29) is 18.3 Å². The minimum absolute atomic E-state index is 0.0761. The van der Waals surface area contributed by atoms with E-state index in [0.29, 0.717) is 5.69 Å². The molecule has 0 saturated carbocycles. The molecule has 1 amide bonds. The Morgan fingerprint density at radius 1 is 0.923 bits per heavy atom. The topological polar surface area (TPSA) is 61.4 Å². The van der Waals surface area contributed by atoms with Gasteiger partial charge < -0.3 is 15.7 Å². The SMILES string of the molecule is O=C(Nc1ccc(F)cc1)[C@@H](Nc1cccc(CO)c1)c1ccccc1. The Bertz CT molecular complexity index is 867. The van der Waals surface area contributed by atoms with Crippen LogP contribution >= 0.6 is 0 Å². The molecular formula is C21H19FN2O2. The fourth-order valence-corrected chi connectivity index (χ4v) is 2.62. The van der Waals surface area contributed by atoms with Crippen LogP contribution in [-0.2, 0) is 11.4 Å². The smallest absolute Gasteiger partial charge is 0.251 e. The molecule has 26 heavy (non-hydrogen) atoms. The fraction of sp³-hybridized carbons (Fsp3) is 0.0952. The quantitative estimate of drug-likeness (QED) is 0.627. The molecule has 3 aromatic carbocycles. The average Bonchev–Trinajstić information content (AvgIpc) is 2.68. The Morgan fingerprint density at radius 3 is 2.35 bits per heavy atom. The second-order valence-corrected chi connectivity index (χ2v) is 5.84. The standard InChI is InChI=1S/C21H19FN2O2/c22-17-9-11-18(12-10-17)24-21(26)20(16-6-2-1-3-7-16)23-19-8-4-5-15(13-19)14-25/h1-13,20,23,25H,14H2,(H,24,26)/t20-/m0/s1. The van der Waals surface area contributed by atoms with Crippen molar-refractivity contribution < 1.29 is 14.3 Å². The van der Waals surface area contributed by atoms with Crippen LogP contribution in [0.4, 0.5) is 15.8 Å². The Morgan fingerprint density at radius 2 is 1.65 bits per heavy atom. The monoisotopic (exact) mass is 350 g/mol. The van der Waals surface area contributed by atoms with E-state index in [1.54, 1.807) is 12.1 Å². The van der Waals surface area contributed by atoms with Crippen LogP contribution in [0.25, 0.3) is 0 Å². The largest absolute Gasteiger partial charge is 0.392 e. The first kappa shape index (κ1) is 17.6. The maximum Gasteiger partial charge on any atom is 0.251 e. The highest BCUT2D eigenvalue weighted by Gasteiger charge is 2.20. The first-order valence-electron chi connectivity index (χ1n) is 8.23. The number of anilines is 2. The highest BCUT2D eigenvalue weighted by Crippen LogP contribution is 2.22. The number of carbonyl (C=O) groups excluding carboxylic acids is 1. The zero-order chi connectivity index (χ0) is 18.4. The molecule has 5 heteroatoms. The molecule has 4 nitrogen and oxygen atoms in total. The molecule has 0 aromatic heterocycles. The summed E-state index contributed by atoms with van der Waals surface area (Å²) in [6, 6.07) is 21.5. The van der Waals surface area contributed by atoms with E-state index < -0.39 is 6.04 Å². The second-order valence-electron chi connectivity index (χ2n) is 5.84. The van der Waals surface area contributed by atoms with E-state index in [2.05, 4.69) is 10.6 Å². The predicted octanol–water partition coefficient (Wildman–Crippen LogP) is 4.11. The van der Waals surface area contributed by atoms with Crippen LogP contribution in [-0.4, -0.2) is 11.0 Å². The van der Waals surface area contributed by atoms with Crippen LogP contribution in [0.3, 0.4) is 0 Å². The molecule has 0 bridgehead atoms. The number of nitrogens with one attached hydrogen (secondary N) is 2. The van der Waals surface area contributed by atoms with E-state index in [9.17, 15) is 14.3 Å². The van der Waals surface area contributed by atoms with Crippen molar-refractivity contribution in [3.8, 4) is 0 Å². The Hall–Kier alpha value is -3.18. The second kappa shape index (κ2) is 8.27. The maximum absolute atomic E-state index is 13.1. The number of benzene rings is 3. The summed E-state index contributed by atoms with van der Waals surface area (Å²) >= 11 is 0. The van der Waals surface area contributed by atoms with Gasteiger partial charge in [0.15, 0.2) is 0 Å². The highest BCUT2D eigenvalue weighted by molar-refractivity contribution is 5.97. The third kappa shape index (κ3) is 4.46. The molecule has 0 heterocycles. The zero-order valence-corrected chi connectivity index (χ0v) is 14.0. The third-order valence-electron chi connectivity index (χ3n) is 3.93. The van der Waals surface area contributed by atoms with Gasteiger partial charge in [0.25, 0.3) is 5.91 Å². The van der Waals surface area contributed by atoms with Gasteiger partial charge in [0.1, 0.15) is 11.9 Å². The molecule has 1 atom stereocenters. The van der Waals surface area contributed by atoms with Gasteiger partial charge in [-0.25, -0.2) is 4.39 Å². The lowest BCUT2D eigenvalue weighted by atomic mass is 10.0. The van der Waals surface area contributed by atoms with Crippen molar-refractivity contribution in [2.75, 3.05) is 10.6 Å². The molecule has 132 valence electrons. The molecular weight excluding hydrogens is 331 g/mol. The van der Waals surface area contributed by atoms with Crippen molar-refractivity contribution in [3.63, 3.8) is 0 Å². The first-order chi connectivity index (χ1) is 12.7. The van der Waals surface area contributed by atoms with E-state index in [1.165, 1.54) is 24.3 Å². The van der Waals surface area contributed by atoms with Crippen LogP contribution in [0.2, 0.25) is 0 Å². The summed E-state index contributed by atoms with van der Waals surface area (Å²) in [6.07, 6.45) is 0. The van der Waals surface area contributed by atoms with Crippen molar-refractivity contribution in [3.05, 3.63) is 95.8 Å². The van der Waals surface area contributed by atoms with E-state index in [0.717, 1.165) is 16.8 Å². The Kier molecular flexibility index (Phi) is 5.61. The summed E-state index contributed by atoms with van der Waals surface area (Å²) in [7, 11) is 0. The Labute approximate surface area is 151 Å². The zero-order valence-electron chi connectivity index (χ0n) is 14.0. The fourth-order valence-electron chi connectivity index (χ4n) is 2.62.